The van der Waals surface area contributed by atoms with E-state index < -0.39 is 0 Å². The Kier molecular flexibility index (Phi) is 5.83. The summed E-state index contributed by atoms with van der Waals surface area (Å²) in [6, 6.07) is 11.6. The molecule has 0 saturated heterocycles. The predicted molar refractivity (Wildman–Crippen MR) is 106 cm³/mol. The molecule has 25 heavy (non-hydrogen) atoms. The summed E-state index contributed by atoms with van der Waals surface area (Å²) < 4.78 is 7.42. The number of nitrogens with one attached hydrogen (secondary N) is 1. The molecule has 0 unspecified atom stereocenters. The Hall–Kier alpha value is -1.76. The van der Waals surface area contributed by atoms with Crippen LogP contribution in [0.15, 0.2) is 40.7 Å². The van der Waals surface area contributed by atoms with Gasteiger partial charge in [0.1, 0.15) is 5.75 Å². The van der Waals surface area contributed by atoms with E-state index in [4.69, 9.17) is 16.3 Å². The van der Waals surface area contributed by atoms with Crippen LogP contribution in [0.2, 0.25) is 5.02 Å². The van der Waals surface area contributed by atoms with E-state index in [9.17, 15) is 4.79 Å². The highest BCUT2D eigenvalue weighted by molar-refractivity contribution is 8.01. The number of hydrogen-bond acceptors (Lipinski definition) is 5. The van der Waals surface area contributed by atoms with Gasteiger partial charge in [0.2, 0.25) is 5.91 Å². The molecule has 0 spiro atoms. The number of rotatable bonds is 6. The second-order valence-electron chi connectivity index (χ2n) is 5.40. The van der Waals surface area contributed by atoms with E-state index in [1.807, 2.05) is 31.2 Å². The maximum atomic E-state index is 12.2. The molecule has 4 nitrogen and oxygen atoms in total. The number of fused-ring (bicyclic) bond motifs is 1. The number of methoxy groups -OCH3 is 1. The van der Waals surface area contributed by atoms with Gasteiger partial charge in [0.05, 0.1) is 23.0 Å². The lowest BCUT2D eigenvalue weighted by molar-refractivity contribution is -0.115. The Morgan fingerprint density at radius 3 is 2.92 bits per heavy atom. The zero-order chi connectivity index (χ0) is 17.8. The third kappa shape index (κ3) is 4.45. The normalized spacial score (nSPS) is 10.8. The highest BCUT2D eigenvalue weighted by Gasteiger charge is 2.11. The van der Waals surface area contributed by atoms with Crippen LogP contribution in [0.3, 0.4) is 0 Å². The molecule has 0 fully saturated rings. The van der Waals surface area contributed by atoms with Crippen LogP contribution in [0.1, 0.15) is 12.0 Å². The molecular formula is C18H17ClN2O2S2. The minimum atomic E-state index is -0.0615. The van der Waals surface area contributed by atoms with Gasteiger partial charge < -0.3 is 10.1 Å². The monoisotopic (exact) mass is 392 g/mol. The lowest BCUT2D eigenvalue weighted by atomic mass is 10.2. The highest BCUT2D eigenvalue weighted by atomic mass is 35.5. The molecule has 0 aliphatic rings. The number of benzene rings is 2. The number of anilines is 1. The van der Waals surface area contributed by atoms with E-state index in [0.717, 1.165) is 20.1 Å². The van der Waals surface area contributed by atoms with Crippen molar-refractivity contribution in [3.8, 4) is 5.75 Å². The number of ether oxygens (including phenoxy) is 1. The number of para-hydroxylation sites is 1. The average Bonchev–Trinajstić information content (AvgIpc) is 3.00. The number of nitrogens with zero attached hydrogens (tertiary/aromatic N) is 1. The fourth-order valence-corrected chi connectivity index (χ4v) is 4.52. The molecule has 1 N–H and O–H groups in total. The van der Waals surface area contributed by atoms with E-state index >= 15 is 0 Å². The van der Waals surface area contributed by atoms with Crippen molar-refractivity contribution < 1.29 is 9.53 Å². The first kappa shape index (κ1) is 18.0. The average molecular weight is 393 g/mol. The summed E-state index contributed by atoms with van der Waals surface area (Å²) in [7, 11) is 1.56. The second kappa shape index (κ2) is 8.08. The number of carbonyl (C=O) groups is 1. The highest BCUT2D eigenvalue weighted by Crippen LogP contribution is 2.32. The molecule has 3 aromatic rings. The summed E-state index contributed by atoms with van der Waals surface area (Å²) >= 11 is 9.33. The van der Waals surface area contributed by atoms with Crippen LogP contribution < -0.4 is 10.1 Å². The summed E-state index contributed by atoms with van der Waals surface area (Å²) in [5, 5.41) is 3.50. The van der Waals surface area contributed by atoms with Crippen LogP contribution >= 0.6 is 34.7 Å². The fourth-order valence-electron chi connectivity index (χ4n) is 2.29. The lowest BCUT2D eigenvalue weighted by Crippen LogP contribution is -2.13. The first-order valence-electron chi connectivity index (χ1n) is 7.69. The fraction of sp³-hybridized carbons (Fsp3) is 0.222. The zero-order valence-electron chi connectivity index (χ0n) is 13.8. The van der Waals surface area contributed by atoms with Gasteiger partial charge in [0.25, 0.3) is 0 Å². The number of aryl methyl sites for hydroxylation is 1. The van der Waals surface area contributed by atoms with Crippen molar-refractivity contribution in [2.75, 3.05) is 18.2 Å². The van der Waals surface area contributed by atoms with E-state index in [0.29, 0.717) is 28.6 Å². The molecule has 2 aromatic carbocycles. The van der Waals surface area contributed by atoms with Gasteiger partial charge in [-0.25, -0.2) is 4.98 Å². The summed E-state index contributed by atoms with van der Waals surface area (Å²) in [5.74, 6) is 1.16. The van der Waals surface area contributed by atoms with E-state index in [1.54, 1.807) is 36.3 Å². The Morgan fingerprint density at radius 2 is 2.16 bits per heavy atom. The SMILES string of the molecule is COc1cc(Cl)c(C)cc1NC(=O)CCSc1nc2ccccc2s1. The van der Waals surface area contributed by atoms with Crippen molar-refractivity contribution >= 4 is 56.5 Å². The summed E-state index contributed by atoms with van der Waals surface area (Å²) in [5.41, 5.74) is 2.53. The Bertz CT molecular complexity index is 878. The molecular weight excluding hydrogens is 376 g/mol. The van der Waals surface area contributed by atoms with Crippen LogP contribution in [0, 0.1) is 6.92 Å². The van der Waals surface area contributed by atoms with Crippen LogP contribution in [0.25, 0.3) is 10.2 Å². The van der Waals surface area contributed by atoms with Gasteiger partial charge in [0, 0.05) is 23.3 Å². The Balaban J connectivity index is 1.57. The van der Waals surface area contributed by atoms with Crippen molar-refractivity contribution in [1.82, 2.24) is 4.98 Å². The third-order valence-electron chi connectivity index (χ3n) is 3.58. The number of aromatic nitrogens is 1. The molecule has 0 atom stereocenters. The van der Waals surface area contributed by atoms with Gasteiger partial charge in [-0.3, -0.25) is 4.79 Å². The molecule has 1 amide bonds. The summed E-state index contributed by atoms with van der Waals surface area (Å²) in [4.78, 5) is 16.8. The number of halogens is 1. The number of carbonyl (C=O) groups excluding carboxylic acids is 1. The molecule has 1 aromatic heterocycles. The van der Waals surface area contributed by atoms with Crippen LogP contribution in [-0.4, -0.2) is 23.8 Å². The summed E-state index contributed by atoms with van der Waals surface area (Å²) in [6.07, 6.45) is 0.394. The Morgan fingerprint density at radius 1 is 1.36 bits per heavy atom. The maximum Gasteiger partial charge on any atom is 0.225 e. The topological polar surface area (TPSA) is 51.2 Å². The quantitative estimate of drug-likeness (QED) is 0.571. The summed E-state index contributed by atoms with van der Waals surface area (Å²) in [6.45, 7) is 1.89. The first-order chi connectivity index (χ1) is 12.1. The smallest absolute Gasteiger partial charge is 0.225 e. The van der Waals surface area contributed by atoms with Gasteiger partial charge in [-0.15, -0.1) is 11.3 Å². The molecule has 7 heteroatoms. The van der Waals surface area contributed by atoms with Gasteiger partial charge in [-0.05, 0) is 30.7 Å². The molecule has 3 rings (SSSR count). The van der Waals surface area contributed by atoms with Crippen molar-refractivity contribution in [2.45, 2.75) is 17.7 Å². The van der Waals surface area contributed by atoms with Crippen LogP contribution in [0.4, 0.5) is 5.69 Å². The number of thioether (sulfide) groups is 1. The van der Waals surface area contributed by atoms with E-state index in [1.165, 1.54) is 0 Å². The van der Waals surface area contributed by atoms with Crippen LogP contribution in [0.5, 0.6) is 5.75 Å². The van der Waals surface area contributed by atoms with Gasteiger partial charge in [-0.1, -0.05) is 35.5 Å². The second-order valence-corrected chi connectivity index (χ2v) is 8.18. The largest absolute Gasteiger partial charge is 0.495 e. The van der Waals surface area contributed by atoms with Crippen molar-refractivity contribution in [3.05, 3.63) is 47.0 Å². The number of hydrogen-bond donors (Lipinski definition) is 1. The molecule has 130 valence electrons. The molecule has 0 aliphatic carbocycles. The van der Waals surface area contributed by atoms with Crippen molar-refractivity contribution in [1.29, 1.82) is 0 Å². The molecule has 0 aliphatic heterocycles. The predicted octanol–water partition coefficient (Wildman–Crippen LogP) is 5.39. The van der Waals surface area contributed by atoms with E-state index in [2.05, 4.69) is 16.4 Å². The van der Waals surface area contributed by atoms with Gasteiger partial charge >= 0.3 is 0 Å². The molecule has 0 radical (unpaired) electrons. The number of thiazole rings is 1. The van der Waals surface area contributed by atoms with Crippen molar-refractivity contribution in [3.63, 3.8) is 0 Å². The molecule has 0 saturated carbocycles. The van der Waals surface area contributed by atoms with E-state index in [-0.39, 0.29) is 5.91 Å². The number of amides is 1. The lowest BCUT2D eigenvalue weighted by Gasteiger charge is -2.12. The standard InChI is InChI=1S/C18H17ClN2O2S2/c1-11-9-14(15(23-2)10-12(11)19)20-17(22)7-8-24-18-21-13-5-3-4-6-16(13)25-18/h3-6,9-10H,7-8H2,1-2H3,(H,20,22). The molecule has 0 bridgehead atoms. The van der Waals surface area contributed by atoms with Crippen molar-refractivity contribution in [2.24, 2.45) is 0 Å². The third-order valence-corrected chi connectivity index (χ3v) is 6.17. The first-order valence-corrected chi connectivity index (χ1v) is 9.87. The maximum absolute atomic E-state index is 12.2. The van der Waals surface area contributed by atoms with Crippen LogP contribution in [-0.2, 0) is 4.79 Å². The Labute approximate surface area is 159 Å². The minimum absolute atomic E-state index is 0.0615. The minimum Gasteiger partial charge on any atom is -0.495 e. The zero-order valence-corrected chi connectivity index (χ0v) is 16.2. The van der Waals surface area contributed by atoms with Gasteiger partial charge in [-0.2, -0.15) is 0 Å². The van der Waals surface area contributed by atoms with Gasteiger partial charge in [0.15, 0.2) is 4.34 Å². The molecule has 1 heterocycles.